The standard InChI is InChI=1S/C16H23N3/c1-6-19-10-15(17-18-19)7-8-16-13(4)11(2)9-12(3)14(16)5/h9-10H,6-8H2,1-5H3. The first-order chi connectivity index (χ1) is 9.02. The largest absolute Gasteiger partial charge is 0.253 e. The summed E-state index contributed by atoms with van der Waals surface area (Å²) in [6.07, 6.45) is 4.06. The molecule has 0 unspecified atom stereocenters. The molecule has 0 atom stereocenters. The molecule has 3 nitrogen and oxygen atoms in total. The van der Waals surface area contributed by atoms with Crippen molar-refractivity contribution >= 4 is 0 Å². The van der Waals surface area contributed by atoms with Crippen molar-refractivity contribution in [2.75, 3.05) is 0 Å². The van der Waals surface area contributed by atoms with Crippen molar-refractivity contribution in [3.05, 3.63) is 45.8 Å². The van der Waals surface area contributed by atoms with Crippen LogP contribution < -0.4 is 0 Å². The van der Waals surface area contributed by atoms with E-state index in [-0.39, 0.29) is 0 Å². The fourth-order valence-electron chi connectivity index (χ4n) is 2.53. The van der Waals surface area contributed by atoms with Gasteiger partial charge in [0, 0.05) is 12.7 Å². The van der Waals surface area contributed by atoms with Gasteiger partial charge in [-0.2, -0.15) is 0 Å². The van der Waals surface area contributed by atoms with Crippen molar-refractivity contribution in [3.8, 4) is 0 Å². The van der Waals surface area contributed by atoms with E-state index in [1.807, 2.05) is 10.9 Å². The Morgan fingerprint density at radius 3 is 2.16 bits per heavy atom. The van der Waals surface area contributed by atoms with Crippen LogP contribution in [-0.4, -0.2) is 15.0 Å². The van der Waals surface area contributed by atoms with Gasteiger partial charge in [-0.15, -0.1) is 5.10 Å². The number of aryl methyl sites for hydroxylation is 4. The summed E-state index contributed by atoms with van der Waals surface area (Å²) in [6.45, 7) is 11.8. The van der Waals surface area contributed by atoms with E-state index in [9.17, 15) is 0 Å². The number of benzene rings is 1. The quantitative estimate of drug-likeness (QED) is 0.841. The van der Waals surface area contributed by atoms with Crippen LogP contribution in [0.15, 0.2) is 12.3 Å². The smallest absolute Gasteiger partial charge is 0.0830 e. The molecular weight excluding hydrogens is 234 g/mol. The van der Waals surface area contributed by atoms with E-state index in [4.69, 9.17) is 0 Å². The lowest BCUT2D eigenvalue weighted by atomic mass is 9.91. The Labute approximate surface area is 115 Å². The summed E-state index contributed by atoms with van der Waals surface area (Å²) < 4.78 is 1.89. The first-order valence-electron chi connectivity index (χ1n) is 6.98. The van der Waals surface area contributed by atoms with Gasteiger partial charge >= 0.3 is 0 Å². The number of hydrogen-bond donors (Lipinski definition) is 0. The first-order valence-corrected chi connectivity index (χ1v) is 6.98. The Morgan fingerprint density at radius 2 is 1.63 bits per heavy atom. The minimum atomic E-state index is 0.884. The van der Waals surface area contributed by atoms with Crippen LogP contribution >= 0.6 is 0 Å². The molecule has 0 bridgehead atoms. The molecule has 0 N–H and O–H groups in total. The summed E-state index contributed by atoms with van der Waals surface area (Å²) in [7, 11) is 0. The number of hydrogen-bond acceptors (Lipinski definition) is 2. The van der Waals surface area contributed by atoms with Gasteiger partial charge in [0.05, 0.1) is 5.69 Å². The highest BCUT2D eigenvalue weighted by Gasteiger charge is 2.09. The zero-order chi connectivity index (χ0) is 14.0. The van der Waals surface area contributed by atoms with Crippen LogP contribution in [0.2, 0.25) is 0 Å². The predicted molar refractivity (Wildman–Crippen MR) is 78.5 cm³/mol. The molecule has 0 spiro atoms. The molecule has 1 heterocycles. The number of aromatic nitrogens is 3. The zero-order valence-electron chi connectivity index (χ0n) is 12.6. The Bertz CT molecular complexity index is 556. The highest BCUT2D eigenvalue weighted by molar-refractivity contribution is 5.44. The second-order valence-electron chi connectivity index (χ2n) is 5.30. The lowest BCUT2D eigenvalue weighted by molar-refractivity contribution is 0.626. The Hall–Kier alpha value is -1.64. The fraction of sp³-hybridized carbons (Fsp3) is 0.500. The highest BCUT2D eigenvalue weighted by atomic mass is 15.4. The van der Waals surface area contributed by atoms with Crippen molar-refractivity contribution < 1.29 is 0 Å². The van der Waals surface area contributed by atoms with Gasteiger partial charge < -0.3 is 0 Å². The van der Waals surface area contributed by atoms with E-state index in [0.29, 0.717) is 0 Å². The van der Waals surface area contributed by atoms with Crippen LogP contribution in [0.1, 0.15) is 40.4 Å². The second kappa shape index (κ2) is 5.55. The van der Waals surface area contributed by atoms with E-state index in [1.165, 1.54) is 27.8 Å². The maximum atomic E-state index is 4.22. The second-order valence-corrected chi connectivity index (χ2v) is 5.30. The van der Waals surface area contributed by atoms with E-state index in [0.717, 1.165) is 25.1 Å². The molecule has 1 aromatic carbocycles. The molecule has 0 aliphatic carbocycles. The van der Waals surface area contributed by atoms with Gasteiger partial charge in [0.2, 0.25) is 0 Å². The minimum absolute atomic E-state index is 0.884. The maximum absolute atomic E-state index is 4.22. The SMILES string of the molecule is CCn1cc(CCc2c(C)c(C)cc(C)c2C)nn1. The summed E-state index contributed by atoms with van der Waals surface area (Å²) in [5.41, 5.74) is 8.17. The molecule has 0 aliphatic heterocycles. The molecule has 102 valence electrons. The third kappa shape index (κ3) is 2.86. The van der Waals surface area contributed by atoms with Crippen LogP contribution in [0.4, 0.5) is 0 Å². The van der Waals surface area contributed by atoms with Crippen LogP contribution in [-0.2, 0) is 19.4 Å². The molecule has 0 radical (unpaired) electrons. The summed E-state index contributed by atoms with van der Waals surface area (Å²) in [4.78, 5) is 0. The minimum Gasteiger partial charge on any atom is -0.253 e. The normalized spacial score (nSPS) is 11.0. The lowest BCUT2D eigenvalue weighted by Gasteiger charge is -2.14. The Morgan fingerprint density at radius 1 is 1.00 bits per heavy atom. The topological polar surface area (TPSA) is 30.7 Å². The Kier molecular flexibility index (Phi) is 4.03. The van der Waals surface area contributed by atoms with Crippen LogP contribution in [0, 0.1) is 27.7 Å². The van der Waals surface area contributed by atoms with Gasteiger partial charge in [0.15, 0.2) is 0 Å². The van der Waals surface area contributed by atoms with Crippen molar-refractivity contribution in [1.82, 2.24) is 15.0 Å². The molecule has 0 saturated carbocycles. The number of rotatable bonds is 4. The molecule has 3 heteroatoms. The van der Waals surface area contributed by atoms with Gasteiger partial charge in [-0.1, -0.05) is 11.3 Å². The molecule has 2 rings (SSSR count). The molecule has 2 aromatic rings. The summed E-state index contributed by atoms with van der Waals surface area (Å²) >= 11 is 0. The van der Waals surface area contributed by atoms with Crippen LogP contribution in [0.25, 0.3) is 0 Å². The first kappa shape index (κ1) is 13.8. The Balaban J connectivity index is 2.19. The van der Waals surface area contributed by atoms with E-state index in [2.05, 4.69) is 51.0 Å². The summed E-state index contributed by atoms with van der Waals surface area (Å²) in [5, 5.41) is 8.31. The van der Waals surface area contributed by atoms with Gasteiger partial charge in [0.25, 0.3) is 0 Å². The molecule has 19 heavy (non-hydrogen) atoms. The van der Waals surface area contributed by atoms with Crippen molar-refractivity contribution in [2.45, 2.75) is 54.0 Å². The summed E-state index contributed by atoms with van der Waals surface area (Å²) in [5.74, 6) is 0. The van der Waals surface area contributed by atoms with Gasteiger partial charge in [-0.25, -0.2) is 0 Å². The third-order valence-electron chi connectivity index (χ3n) is 4.06. The van der Waals surface area contributed by atoms with E-state index < -0.39 is 0 Å². The molecule has 0 amide bonds. The van der Waals surface area contributed by atoms with Crippen molar-refractivity contribution in [1.29, 1.82) is 0 Å². The van der Waals surface area contributed by atoms with Crippen LogP contribution in [0.3, 0.4) is 0 Å². The molecule has 1 aromatic heterocycles. The van der Waals surface area contributed by atoms with E-state index >= 15 is 0 Å². The highest BCUT2D eigenvalue weighted by Crippen LogP contribution is 2.22. The van der Waals surface area contributed by atoms with Crippen LogP contribution in [0.5, 0.6) is 0 Å². The monoisotopic (exact) mass is 257 g/mol. The van der Waals surface area contributed by atoms with Crippen molar-refractivity contribution in [3.63, 3.8) is 0 Å². The van der Waals surface area contributed by atoms with Crippen molar-refractivity contribution in [2.24, 2.45) is 0 Å². The maximum Gasteiger partial charge on any atom is 0.0830 e. The lowest BCUT2D eigenvalue weighted by Crippen LogP contribution is -2.01. The molecule has 0 fully saturated rings. The van der Waals surface area contributed by atoms with Gasteiger partial charge in [-0.05, 0) is 75.3 Å². The molecule has 0 saturated heterocycles. The van der Waals surface area contributed by atoms with E-state index in [1.54, 1.807) is 0 Å². The predicted octanol–water partition coefficient (Wildman–Crippen LogP) is 3.32. The summed E-state index contributed by atoms with van der Waals surface area (Å²) in [6, 6.07) is 2.28. The zero-order valence-corrected chi connectivity index (χ0v) is 12.6. The number of nitrogens with zero attached hydrogens (tertiary/aromatic N) is 3. The van der Waals surface area contributed by atoms with Gasteiger partial charge in [-0.3, -0.25) is 4.68 Å². The molecular formula is C16H23N3. The van der Waals surface area contributed by atoms with Gasteiger partial charge in [0.1, 0.15) is 0 Å². The average Bonchev–Trinajstić information content (AvgIpc) is 2.84. The fourth-order valence-corrected chi connectivity index (χ4v) is 2.53. The average molecular weight is 257 g/mol. The third-order valence-corrected chi connectivity index (χ3v) is 4.06. The molecule has 0 aliphatic rings.